The molecule has 2 heterocycles. The highest BCUT2D eigenvalue weighted by Gasteiger charge is 2.31. The molecule has 0 spiro atoms. The summed E-state index contributed by atoms with van der Waals surface area (Å²) in [6.45, 7) is 5.11. The number of morpholine rings is 1. The summed E-state index contributed by atoms with van der Waals surface area (Å²) >= 11 is 19.6. The van der Waals surface area contributed by atoms with Gasteiger partial charge in [-0.2, -0.15) is 0 Å². The highest BCUT2D eigenvalue weighted by atomic mass is 35.5. The van der Waals surface area contributed by atoms with Gasteiger partial charge in [-0.3, -0.25) is 14.6 Å². The minimum atomic E-state index is -1.05. The van der Waals surface area contributed by atoms with Gasteiger partial charge in [-0.1, -0.05) is 59.3 Å². The van der Waals surface area contributed by atoms with Crippen molar-refractivity contribution in [1.82, 2.24) is 9.80 Å². The van der Waals surface area contributed by atoms with Crippen LogP contribution in [0.5, 0.6) is 17.2 Å². The molecule has 1 amide bonds. The number of carbonyl (C=O) groups excluding carboxylic acids is 1. The molecule has 2 aliphatic rings. The summed E-state index contributed by atoms with van der Waals surface area (Å²) in [5.74, 6) is 0.178. The van der Waals surface area contributed by atoms with Gasteiger partial charge in [0.05, 0.1) is 42.4 Å². The molecule has 1 N–H and O–H groups in total. The first-order chi connectivity index (χ1) is 22.2. The number of carboxylic acids is 1. The first-order valence-electron chi connectivity index (χ1n) is 14.6. The van der Waals surface area contributed by atoms with Crippen molar-refractivity contribution in [1.29, 1.82) is 0 Å². The van der Waals surface area contributed by atoms with Crippen molar-refractivity contribution in [2.45, 2.75) is 6.42 Å². The minimum Gasteiger partial charge on any atom is -0.493 e. The fourth-order valence-corrected chi connectivity index (χ4v) is 6.78. The average molecular weight is 704 g/mol. The van der Waals surface area contributed by atoms with Gasteiger partial charge in [0.15, 0.2) is 11.5 Å². The molecule has 46 heavy (non-hydrogen) atoms. The van der Waals surface area contributed by atoms with E-state index >= 15 is 0 Å². The standard InChI is InChI=1S/C33H32Cl2N2O7S2/c1-41-29-19-22(32(39)40)4-8-28(29)43-13-2-9-37-31(38)30(46-33(37)45)18-21-3-7-27(44-16-12-36-10-14-42-15-11-36)25(17-21)24-6-5-23(34)20-26(24)35/h3-8,17-20H,2,9-16H2,1H3,(H,39,40)/b30-18-. The summed E-state index contributed by atoms with van der Waals surface area (Å²) in [5.41, 5.74) is 2.45. The van der Waals surface area contributed by atoms with Crippen molar-refractivity contribution in [2.75, 3.05) is 59.7 Å². The lowest BCUT2D eigenvalue weighted by Crippen LogP contribution is -2.38. The van der Waals surface area contributed by atoms with Crippen molar-refractivity contribution in [3.8, 4) is 28.4 Å². The van der Waals surface area contributed by atoms with Crippen LogP contribution in [0.4, 0.5) is 0 Å². The summed E-state index contributed by atoms with van der Waals surface area (Å²) in [6, 6.07) is 15.5. The van der Waals surface area contributed by atoms with E-state index in [1.165, 1.54) is 31.0 Å². The number of rotatable bonds is 13. The number of methoxy groups -OCH3 is 1. The van der Waals surface area contributed by atoms with Crippen LogP contribution in [0.25, 0.3) is 17.2 Å². The Morgan fingerprint density at radius 2 is 1.74 bits per heavy atom. The Morgan fingerprint density at radius 3 is 2.48 bits per heavy atom. The monoisotopic (exact) mass is 702 g/mol. The highest BCUT2D eigenvalue weighted by Crippen LogP contribution is 2.39. The van der Waals surface area contributed by atoms with Gasteiger partial charge in [0.25, 0.3) is 5.91 Å². The third-order valence-corrected chi connectivity index (χ3v) is 9.28. The number of ether oxygens (including phenoxy) is 4. The molecule has 0 aliphatic carbocycles. The Labute approximate surface area is 286 Å². The SMILES string of the molecule is COc1cc(C(=O)O)ccc1OCCCN1C(=O)/C(=C/c2ccc(OCCN3CCOCC3)c(-c3ccc(Cl)cc3Cl)c2)SC1=S. The van der Waals surface area contributed by atoms with Crippen molar-refractivity contribution in [3.05, 3.63) is 80.7 Å². The molecule has 5 rings (SSSR count). The van der Waals surface area contributed by atoms with Crippen LogP contribution in [0.1, 0.15) is 22.3 Å². The van der Waals surface area contributed by atoms with Gasteiger partial charge in [0.1, 0.15) is 16.7 Å². The number of benzene rings is 3. The minimum absolute atomic E-state index is 0.0999. The number of nitrogens with zero attached hydrogens (tertiary/aromatic N) is 2. The van der Waals surface area contributed by atoms with Gasteiger partial charge < -0.3 is 24.1 Å². The molecule has 0 atom stereocenters. The second-order valence-electron chi connectivity index (χ2n) is 10.4. The second-order valence-corrected chi connectivity index (χ2v) is 12.9. The molecule has 2 fully saturated rings. The van der Waals surface area contributed by atoms with Gasteiger partial charge in [0.2, 0.25) is 0 Å². The zero-order valence-corrected chi connectivity index (χ0v) is 28.1. The van der Waals surface area contributed by atoms with Crippen molar-refractivity contribution < 1.29 is 33.6 Å². The first-order valence-corrected chi connectivity index (χ1v) is 16.5. The van der Waals surface area contributed by atoms with Gasteiger partial charge in [-0.05, 0) is 60.5 Å². The van der Waals surface area contributed by atoms with E-state index in [0.29, 0.717) is 56.1 Å². The number of aromatic carboxylic acids is 1. The van der Waals surface area contributed by atoms with Crippen LogP contribution in [0.3, 0.4) is 0 Å². The number of thioether (sulfide) groups is 1. The van der Waals surface area contributed by atoms with Crippen LogP contribution < -0.4 is 14.2 Å². The maximum absolute atomic E-state index is 13.4. The summed E-state index contributed by atoms with van der Waals surface area (Å²) in [6.07, 6.45) is 2.31. The highest BCUT2D eigenvalue weighted by molar-refractivity contribution is 8.26. The molecule has 13 heteroatoms. The zero-order chi connectivity index (χ0) is 32.6. The van der Waals surface area contributed by atoms with E-state index in [4.69, 9.17) is 54.4 Å². The maximum Gasteiger partial charge on any atom is 0.335 e. The van der Waals surface area contributed by atoms with Crippen LogP contribution in [-0.2, 0) is 9.53 Å². The maximum atomic E-state index is 13.4. The van der Waals surface area contributed by atoms with E-state index in [9.17, 15) is 14.7 Å². The molecule has 3 aromatic rings. The van der Waals surface area contributed by atoms with Crippen molar-refractivity contribution in [3.63, 3.8) is 0 Å². The first kappa shape index (κ1) is 34.0. The summed E-state index contributed by atoms with van der Waals surface area (Å²) in [5, 5.41) is 10.2. The van der Waals surface area contributed by atoms with Crippen molar-refractivity contribution >= 4 is 69.5 Å². The molecule has 9 nitrogen and oxygen atoms in total. The number of halogens is 2. The predicted octanol–water partition coefficient (Wildman–Crippen LogP) is 6.75. The fourth-order valence-electron chi connectivity index (χ4n) is 4.96. The van der Waals surface area contributed by atoms with Crippen LogP contribution in [0, 0.1) is 0 Å². The number of thiocarbonyl (C=S) groups is 1. The topological polar surface area (TPSA) is 97.8 Å². The Morgan fingerprint density at radius 1 is 0.978 bits per heavy atom. The molecule has 0 unspecified atom stereocenters. The number of hydrogen-bond acceptors (Lipinski definition) is 9. The Kier molecular flexibility index (Phi) is 11.8. The number of carbonyl (C=O) groups is 2. The lowest BCUT2D eigenvalue weighted by atomic mass is 10.0. The summed E-state index contributed by atoms with van der Waals surface area (Å²) in [4.78, 5) is 28.9. The van der Waals surface area contributed by atoms with Gasteiger partial charge in [0, 0.05) is 42.3 Å². The van der Waals surface area contributed by atoms with Gasteiger partial charge in [-0.25, -0.2) is 4.79 Å². The summed E-state index contributed by atoms with van der Waals surface area (Å²) in [7, 11) is 1.44. The molecule has 242 valence electrons. The van der Waals surface area contributed by atoms with E-state index in [1.54, 1.807) is 23.1 Å². The van der Waals surface area contributed by atoms with Crippen LogP contribution in [-0.4, -0.2) is 90.8 Å². The lowest BCUT2D eigenvalue weighted by molar-refractivity contribution is -0.122. The molecule has 2 saturated heterocycles. The molecule has 0 bridgehead atoms. The number of hydrogen-bond donors (Lipinski definition) is 1. The Balaban J connectivity index is 1.26. The van der Waals surface area contributed by atoms with E-state index in [0.717, 1.165) is 49.5 Å². The van der Waals surface area contributed by atoms with E-state index < -0.39 is 5.97 Å². The molecule has 0 radical (unpaired) electrons. The molecular weight excluding hydrogens is 671 g/mol. The molecule has 0 saturated carbocycles. The zero-order valence-electron chi connectivity index (χ0n) is 25.0. The van der Waals surface area contributed by atoms with Crippen LogP contribution in [0.2, 0.25) is 10.0 Å². The molecule has 3 aromatic carbocycles. The smallest absolute Gasteiger partial charge is 0.335 e. The summed E-state index contributed by atoms with van der Waals surface area (Å²) < 4.78 is 23.2. The Bertz CT molecular complexity index is 1650. The lowest BCUT2D eigenvalue weighted by Gasteiger charge is -2.26. The van der Waals surface area contributed by atoms with Crippen LogP contribution in [0.15, 0.2) is 59.5 Å². The molecular formula is C33H32Cl2N2O7S2. The Hall–Kier alpha value is -3.32. The normalized spacial score (nSPS) is 16.2. The van der Waals surface area contributed by atoms with Crippen molar-refractivity contribution in [2.24, 2.45) is 0 Å². The predicted molar refractivity (Wildman–Crippen MR) is 185 cm³/mol. The number of carboxylic acid groups (broad SMARTS) is 1. The van der Waals surface area contributed by atoms with Crippen LogP contribution >= 0.6 is 47.2 Å². The molecule has 2 aliphatic heterocycles. The quantitative estimate of drug-likeness (QED) is 0.117. The largest absolute Gasteiger partial charge is 0.493 e. The van der Waals surface area contributed by atoms with E-state index in [1.807, 2.05) is 30.3 Å². The molecule has 0 aromatic heterocycles. The third-order valence-electron chi connectivity index (χ3n) is 7.36. The van der Waals surface area contributed by atoms with E-state index in [2.05, 4.69) is 4.90 Å². The number of amides is 1. The van der Waals surface area contributed by atoms with Gasteiger partial charge >= 0.3 is 5.97 Å². The van der Waals surface area contributed by atoms with Gasteiger partial charge in [-0.15, -0.1) is 0 Å². The van der Waals surface area contributed by atoms with E-state index in [-0.39, 0.29) is 18.1 Å². The second kappa shape index (κ2) is 16.0. The third kappa shape index (κ3) is 8.52. The average Bonchev–Trinajstić information content (AvgIpc) is 3.31. The fraction of sp³-hybridized carbons (Fsp3) is 0.303.